The van der Waals surface area contributed by atoms with E-state index >= 15 is 0 Å². The lowest BCUT2D eigenvalue weighted by atomic mass is 10.2. The van der Waals surface area contributed by atoms with Crippen molar-refractivity contribution in [2.75, 3.05) is 11.9 Å². The van der Waals surface area contributed by atoms with Crippen LogP contribution in [-0.2, 0) is 11.8 Å². The van der Waals surface area contributed by atoms with Crippen LogP contribution in [0.4, 0.5) is 5.69 Å². The first-order chi connectivity index (χ1) is 7.50. The highest BCUT2D eigenvalue weighted by Crippen LogP contribution is 2.24. The lowest BCUT2D eigenvalue weighted by molar-refractivity contribution is -0.646. The van der Waals surface area contributed by atoms with E-state index in [1.807, 2.05) is 13.1 Å². The third-order valence-electron chi connectivity index (χ3n) is 2.89. The molecule has 1 aromatic carbocycles. The molecule has 0 aliphatic carbocycles. The highest BCUT2D eigenvalue weighted by Gasteiger charge is 2.15. The van der Waals surface area contributed by atoms with E-state index in [0.717, 1.165) is 5.69 Å². The van der Waals surface area contributed by atoms with Crippen LogP contribution in [0.25, 0.3) is 10.2 Å². The number of amides is 1. The van der Waals surface area contributed by atoms with Gasteiger partial charge in [0.15, 0.2) is 0 Å². The monoisotopic (exact) mass is 235 g/mol. The van der Waals surface area contributed by atoms with E-state index in [0.29, 0.717) is 0 Å². The molecule has 0 radical (unpaired) electrons. The Morgan fingerprint density at radius 3 is 2.75 bits per heavy atom. The van der Waals surface area contributed by atoms with Crippen molar-refractivity contribution >= 4 is 33.1 Å². The third kappa shape index (κ3) is 1.69. The summed E-state index contributed by atoms with van der Waals surface area (Å²) < 4.78 is 3.40. The van der Waals surface area contributed by atoms with Crippen LogP contribution in [0.5, 0.6) is 0 Å². The third-order valence-corrected chi connectivity index (χ3v) is 4.03. The fourth-order valence-electron chi connectivity index (χ4n) is 1.64. The van der Waals surface area contributed by atoms with Crippen LogP contribution in [0.2, 0.25) is 0 Å². The van der Waals surface area contributed by atoms with Crippen LogP contribution >= 0.6 is 11.3 Å². The Kier molecular flexibility index (Phi) is 2.68. The van der Waals surface area contributed by atoms with Gasteiger partial charge in [0.05, 0.1) is 0 Å². The van der Waals surface area contributed by atoms with Crippen LogP contribution in [-0.4, -0.2) is 13.0 Å². The molecule has 0 atom stereocenters. The number of aromatic nitrogens is 1. The summed E-state index contributed by atoms with van der Waals surface area (Å²) >= 11 is 1.77. The number of benzene rings is 1. The fourth-order valence-corrected chi connectivity index (χ4v) is 2.63. The van der Waals surface area contributed by atoms with E-state index in [9.17, 15) is 4.79 Å². The van der Waals surface area contributed by atoms with Crippen molar-refractivity contribution in [2.45, 2.75) is 13.8 Å². The molecule has 4 heteroatoms. The van der Waals surface area contributed by atoms with Crippen molar-refractivity contribution in [3.8, 4) is 0 Å². The summed E-state index contributed by atoms with van der Waals surface area (Å²) in [6.45, 7) is 3.67. The van der Waals surface area contributed by atoms with E-state index < -0.39 is 0 Å². The van der Waals surface area contributed by atoms with Gasteiger partial charge in [0.1, 0.15) is 11.7 Å². The molecule has 0 saturated heterocycles. The van der Waals surface area contributed by atoms with Crippen molar-refractivity contribution in [1.29, 1.82) is 0 Å². The highest BCUT2D eigenvalue weighted by molar-refractivity contribution is 7.18. The number of nitrogens with zero attached hydrogens (tertiary/aromatic N) is 2. The van der Waals surface area contributed by atoms with Gasteiger partial charge in [0, 0.05) is 32.6 Å². The predicted octanol–water partition coefficient (Wildman–Crippen LogP) is 2.02. The Morgan fingerprint density at radius 1 is 1.44 bits per heavy atom. The van der Waals surface area contributed by atoms with E-state index in [4.69, 9.17) is 0 Å². The van der Waals surface area contributed by atoms with Crippen LogP contribution in [0.3, 0.4) is 0 Å². The number of hydrogen-bond acceptors (Lipinski definition) is 2. The lowest BCUT2D eigenvalue weighted by Gasteiger charge is -2.13. The standard InChI is InChI=1S/C12H15N2OS/c1-8(15)13(3)10-5-6-12-11(7-10)14(4)9(2)16-12/h5-7H,1-4H3/q+1. The number of thiazole rings is 1. The zero-order valence-corrected chi connectivity index (χ0v) is 10.8. The molecule has 0 saturated carbocycles. The second-order valence-electron chi connectivity index (χ2n) is 3.91. The van der Waals surface area contributed by atoms with Gasteiger partial charge in [0.2, 0.25) is 16.4 Å². The largest absolute Gasteiger partial charge is 0.315 e. The molecule has 1 amide bonds. The molecule has 0 unspecified atom stereocenters. The van der Waals surface area contributed by atoms with E-state index in [1.165, 1.54) is 15.2 Å². The van der Waals surface area contributed by atoms with Crippen molar-refractivity contribution < 1.29 is 9.36 Å². The van der Waals surface area contributed by atoms with Crippen LogP contribution in [0.15, 0.2) is 18.2 Å². The van der Waals surface area contributed by atoms with Gasteiger partial charge in [-0.15, -0.1) is 0 Å². The van der Waals surface area contributed by atoms with Crippen molar-refractivity contribution in [3.05, 3.63) is 23.2 Å². The Labute approximate surface area is 98.9 Å². The average Bonchev–Trinajstić information content (AvgIpc) is 2.53. The first kappa shape index (κ1) is 11.1. The van der Waals surface area contributed by atoms with Gasteiger partial charge in [-0.3, -0.25) is 4.79 Å². The molecule has 2 aromatic rings. The molecular formula is C12H15N2OS+. The Balaban J connectivity index is 2.59. The summed E-state index contributed by atoms with van der Waals surface area (Å²) in [6, 6.07) is 6.11. The smallest absolute Gasteiger partial charge is 0.234 e. The lowest BCUT2D eigenvalue weighted by Crippen LogP contribution is -2.29. The van der Waals surface area contributed by atoms with Gasteiger partial charge in [-0.05, 0) is 12.1 Å². The SMILES string of the molecule is CC(=O)N(C)c1ccc2sc(C)[n+](C)c2c1. The van der Waals surface area contributed by atoms with Gasteiger partial charge in [-0.1, -0.05) is 11.3 Å². The minimum absolute atomic E-state index is 0.0500. The zero-order valence-electron chi connectivity index (χ0n) is 9.94. The normalized spacial score (nSPS) is 10.8. The Morgan fingerprint density at radius 2 is 2.12 bits per heavy atom. The van der Waals surface area contributed by atoms with Gasteiger partial charge < -0.3 is 4.90 Å². The minimum Gasteiger partial charge on any atom is -0.315 e. The van der Waals surface area contributed by atoms with Crippen LogP contribution < -0.4 is 9.47 Å². The number of hydrogen-bond donors (Lipinski definition) is 0. The maximum absolute atomic E-state index is 11.3. The number of fused-ring (bicyclic) bond motifs is 1. The number of carbonyl (C=O) groups is 1. The zero-order chi connectivity index (χ0) is 11.9. The molecule has 16 heavy (non-hydrogen) atoms. The molecular weight excluding hydrogens is 220 g/mol. The maximum atomic E-state index is 11.3. The Bertz CT molecular complexity index is 559. The second-order valence-corrected chi connectivity index (χ2v) is 5.14. The molecule has 0 fully saturated rings. The van der Waals surface area contributed by atoms with Gasteiger partial charge in [-0.2, -0.15) is 4.57 Å². The molecule has 0 spiro atoms. The van der Waals surface area contributed by atoms with Gasteiger partial charge in [-0.25, -0.2) is 0 Å². The molecule has 1 aromatic heterocycles. The van der Waals surface area contributed by atoms with E-state index in [1.54, 1.807) is 30.2 Å². The quantitative estimate of drug-likeness (QED) is 0.694. The summed E-state index contributed by atoms with van der Waals surface area (Å²) in [5, 5.41) is 1.26. The second kappa shape index (κ2) is 3.87. The van der Waals surface area contributed by atoms with Crippen LogP contribution in [0, 0.1) is 6.92 Å². The molecule has 0 N–H and O–H groups in total. The van der Waals surface area contributed by atoms with Crippen molar-refractivity contribution in [3.63, 3.8) is 0 Å². The predicted molar refractivity (Wildman–Crippen MR) is 66.8 cm³/mol. The summed E-state index contributed by atoms with van der Waals surface area (Å²) in [6.07, 6.45) is 0. The van der Waals surface area contributed by atoms with E-state index in [2.05, 4.69) is 23.6 Å². The molecule has 3 nitrogen and oxygen atoms in total. The molecule has 2 rings (SSSR count). The summed E-state index contributed by atoms with van der Waals surface area (Å²) in [7, 11) is 3.84. The summed E-state index contributed by atoms with van der Waals surface area (Å²) in [4.78, 5) is 13.0. The minimum atomic E-state index is 0.0500. The van der Waals surface area contributed by atoms with Gasteiger partial charge in [0.25, 0.3) is 0 Å². The molecule has 1 heterocycles. The molecule has 0 aliphatic rings. The van der Waals surface area contributed by atoms with Crippen molar-refractivity contribution in [2.24, 2.45) is 7.05 Å². The first-order valence-corrected chi connectivity index (χ1v) is 5.96. The van der Waals surface area contributed by atoms with E-state index in [-0.39, 0.29) is 5.91 Å². The summed E-state index contributed by atoms with van der Waals surface area (Å²) in [5.41, 5.74) is 2.11. The number of anilines is 1. The molecule has 0 aliphatic heterocycles. The average molecular weight is 235 g/mol. The number of carbonyl (C=O) groups excluding carboxylic acids is 1. The maximum Gasteiger partial charge on any atom is 0.234 e. The number of aryl methyl sites for hydroxylation is 2. The highest BCUT2D eigenvalue weighted by atomic mass is 32.1. The number of rotatable bonds is 1. The molecule has 84 valence electrons. The molecule has 0 bridgehead atoms. The summed E-state index contributed by atoms with van der Waals surface area (Å²) in [5.74, 6) is 0.0500. The van der Waals surface area contributed by atoms with Gasteiger partial charge >= 0.3 is 0 Å². The Hall–Kier alpha value is -1.42. The fraction of sp³-hybridized carbons (Fsp3) is 0.333. The topological polar surface area (TPSA) is 24.2 Å². The van der Waals surface area contributed by atoms with Crippen molar-refractivity contribution in [1.82, 2.24) is 0 Å². The first-order valence-electron chi connectivity index (χ1n) is 5.14. The van der Waals surface area contributed by atoms with Crippen LogP contribution in [0.1, 0.15) is 11.9 Å².